The highest BCUT2D eigenvalue weighted by Crippen LogP contribution is 2.27. The summed E-state index contributed by atoms with van der Waals surface area (Å²) in [5.74, 6) is -1.04. The summed E-state index contributed by atoms with van der Waals surface area (Å²) in [5, 5.41) is 21.1. The van der Waals surface area contributed by atoms with Crippen LogP contribution >= 0.6 is 0 Å². The molecule has 0 atom stereocenters. The van der Waals surface area contributed by atoms with E-state index < -0.39 is 5.97 Å². The van der Waals surface area contributed by atoms with Gasteiger partial charge in [0.05, 0.1) is 6.61 Å². The van der Waals surface area contributed by atoms with Crippen LogP contribution in [-0.4, -0.2) is 28.7 Å². The Labute approximate surface area is 165 Å². The minimum absolute atomic E-state index is 0.0795. The molecule has 2 aromatic rings. The predicted molar refractivity (Wildman–Crippen MR) is 108 cm³/mol. The maximum Gasteiger partial charge on any atom is 0.339 e. The number of rotatable bonds is 7. The molecule has 6 nitrogen and oxygen atoms in total. The van der Waals surface area contributed by atoms with Gasteiger partial charge in [0, 0.05) is 12.1 Å². The summed E-state index contributed by atoms with van der Waals surface area (Å²) in [6.45, 7) is 8.89. The van der Waals surface area contributed by atoms with E-state index in [0.717, 1.165) is 11.3 Å². The fraction of sp³-hybridized carbons (Fsp3) is 0.364. The lowest BCUT2D eigenvalue weighted by molar-refractivity contribution is -0.116. The molecule has 0 aromatic heterocycles. The molecule has 0 saturated carbocycles. The molecular weight excluding hydrogens is 358 g/mol. The Hall–Kier alpha value is -3.02. The van der Waals surface area contributed by atoms with Crippen LogP contribution in [-0.2, 0) is 10.2 Å². The first-order chi connectivity index (χ1) is 13.1. The number of hydrogen-bond acceptors (Lipinski definition) is 4. The largest absolute Gasteiger partial charge is 0.507 e. The summed E-state index contributed by atoms with van der Waals surface area (Å²) < 4.78 is 5.78. The number of carbonyl (C=O) groups is 2. The third-order valence-corrected chi connectivity index (χ3v) is 4.36. The quantitative estimate of drug-likeness (QED) is 0.482. The van der Waals surface area contributed by atoms with Crippen LogP contribution in [0.4, 0.5) is 5.69 Å². The highest BCUT2D eigenvalue weighted by atomic mass is 16.5. The number of phenols is 1. The first-order valence-corrected chi connectivity index (χ1v) is 9.18. The molecule has 2 aromatic carbocycles. The average Bonchev–Trinajstić information content (AvgIpc) is 2.60. The summed E-state index contributed by atoms with van der Waals surface area (Å²) in [5.41, 5.74) is 2.45. The van der Waals surface area contributed by atoms with Crippen LogP contribution in [0.1, 0.15) is 55.1 Å². The number of ether oxygens (including phenoxy) is 1. The molecule has 0 unspecified atom stereocenters. The summed E-state index contributed by atoms with van der Waals surface area (Å²) in [4.78, 5) is 23.1. The number of carboxylic acids is 1. The molecule has 0 aliphatic heterocycles. The maximum atomic E-state index is 12.0. The smallest absolute Gasteiger partial charge is 0.339 e. The number of aryl methyl sites for hydroxylation is 1. The van der Waals surface area contributed by atoms with Gasteiger partial charge in [-0.2, -0.15) is 0 Å². The van der Waals surface area contributed by atoms with E-state index in [1.165, 1.54) is 23.8 Å². The van der Waals surface area contributed by atoms with Crippen molar-refractivity contribution >= 4 is 17.6 Å². The Morgan fingerprint density at radius 2 is 1.82 bits per heavy atom. The van der Waals surface area contributed by atoms with Gasteiger partial charge in [0.1, 0.15) is 17.1 Å². The van der Waals surface area contributed by atoms with Gasteiger partial charge in [-0.3, -0.25) is 4.79 Å². The van der Waals surface area contributed by atoms with Crippen molar-refractivity contribution in [3.63, 3.8) is 0 Å². The zero-order valence-corrected chi connectivity index (χ0v) is 16.7. The van der Waals surface area contributed by atoms with Crippen LogP contribution in [0.3, 0.4) is 0 Å². The molecule has 0 spiro atoms. The normalized spacial score (nSPS) is 11.1. The molecule has 2 rings (SSSR count). The SMILES string of the molecule is Cc1cc(C(C)(C)C)ccc1OCCCC(=O)Nc1ccc(O)c(C(=O)O)c1. The van der Waals surface area contributed by atoms with Gasteiger partial charge in [-0.25, -0.2) is 4.79 Å². The molecule has 28 heavy (non-hydrogen) atoms. The number of aromatic hydroxyl groups is 1. The zero-order chi connectivity index (χ0) is 20.9. The van der Waals surface area contributed by atoms with Crippen molar-refractivity contribution in [1.82, 2.24) is 0 Å². The van der Waals surface area contributed by atoms with Gasteiger partial charge in [-0.1, -0.05) is 32.9 Å². The van der Waals surface area contributed by atoms with Gasteiger partial charge in [0.2, 0.25) is 5.91 Å². The number of benzene rings is 2. The van der Waals surface area contributed by atoms with E-state index in [2.05, 4.69) is 38.2 Å². The molecule has 0 aliphatic carbocycles. The van der Waals surface area contributed by atoms with Crippen LogP contribution in [0, 0.1) is 6.92 Å². The first-order valence-electron chi connectivity index (χ1n) is 9.18. The number of carbonyl (C=O) groups excluding carboxylic acids is 1. The highest BCUT2D eigenvalue weighted by Gasteiger charge is 2.15. The maximum absolute atomic E-state index is 12.0. The molecule has 0 aliphatic rings. The molecule has 0 saturated heterocycles. The predicted octanol–water partition coefficient (Wildman–Crippen LogP) is 4.49. The van der Waals surface area contributed by atoms with E-state index in [-0.39, 0.29) is 29.1 Å². The van der Waals surface area contributed by atoms with E-state index in [1.54, 1.807) is 0 Å². The van der Waals surface area contributed by atoms with Gasteiger partial charge < -0.3 is 20.3 Å². The van der Waals surface area contributed by atoms with Gasteiger partial charge in [0.15, 0.2) is 0 Å². The second-order valence-corrected chi connectivity index (χ2v) is 7.77. The molecule has 150 valence electrons. The standard InChI is InChI=1S/C22H27NO5/c1-14-12-15(22(2,3)4)7-10-19(14)28-11-5-6-20(25)23-16-8-9-18(24)17(13-16)21(26)27/h7-10,12-13,24H,5-6,11H2,1-4H3,(H,23,25)(H,26,27). The fourth-order valence-corrected chi connectivity index (χ4v) is 2.70. The van der Waals surface area contributed by atoms with Crippen molar-refractivity contribution in [2.45, 2.75) is 46.0 Å². The van der Waals surface area contributed by atoms with Crippen molar-refractivity contribution in [1.29, 1.82) is 0 Å². The number of anilines is 1. The summed E-state index contributed by atoms with van der Waals surface area (Å²) in [6, 6.07) is 10.1. The third kappa shape index (κ3) is 5.74. The van der Waals surface area contributed by atoms with E-state index in [0.29, 0.717) is 18.7 Å². The van der Waals surface area contributed by atoms with Crippen LogP contribution in [0.5, 0.6) is 11.5 Å². The van der Waals surface area contributed by atoms with Crippen LogP contribution in [0.2, 0.25) is 0 Å². The number of nitrogens with one attached hydrogen (secondary N) is 1. The highest BCUT2D eigenvalue weighted by molar-refractivity contribution is 5.95. The molecule has 0 bridgehead atoms. The van der Waals surface area contributed by atoms with Gasteiger partial charge in [-0.15, -0.1) is 0 Å². The van der Waals surface area contributed by atoms with E-state index in [4.69, 9.17) is 9.84 Å². The third-order valence-electron chi connectivity index (χ3n) is 4.36. The Kier molecular flexibility index (Phi) is 6.67. The first kappa shape index (κ1) is 21.3. The molecule has 1 amide bonds. The summed E-state index contributed by atoms with van der Waals surface area (Å²) in [7, 11) is 0. The second kappa shape index (κ2) is 8.78. The van der Waals surface area contributed by atoms with Gasteiger partial charge >= 0.3 is 5.97 Å². The van der Waals surface area contributed by atoms with Gasteiger partial charge in [0.25, 0.3) is 0 Å². The Balaban J connectivity index is 1.83. The van der Waals surface area contributed by atoms with E-state index >= 15 is 0 Å². The molecule has 3 N–H and O–H groups in total. The Bertz CT molecular complexity index is 868. The lowest BCUT2D eigenvalue weighted by Gasteiger charge is -2.20. The molecule has 0 heterocycles. The number of carboxylic acid groups (broad SMARTS) is 1. The summed E-state index contributed by atoms with van der Waals surface area (Å²) >= 11 is 0. The Morgan fingerprint density at radius 3 is 2.43 bits per heavy atom. The van der Waals surface area contributed by atoms with Crippen molar-refractivity contribution in [2.24, 2.45) is 0 Å². The van der Waals surface area contributed by atoms with Crippen LogP contribution < -0.4 is 10.1 Å². The van der Waals surface area contributed by atoms with Crippen molar-refractivity contribution in [3.05, 3.63) is 53.1 Å². The molecule has 6 heteroatoms. The molecular formula is C22H27NO5. The molecule has 0 radical (unpaired) electrons. The fourth-order valence-electron chi connectivity index (χ4n) is 2.70. The number of aromatic carboxylic acids is 1. The minimum Gasteiger partial charge on any atom is -0.507 e. The Morgan fingerprint density at radius 1 is 1.11 bits per heavy atom. The van der Waals surface area contributed by atoms with Crippen molar-refractivity contribution < 1.29 is 24.5 Å². The van der Waals surface area contributed by atoms with Crippen molar-refractivity contribution in [2.75, 3.05) is 11.9 Å². The summed E-state index contributed by atoms with van der Waals surface area (Å²) in [6.07, 6.45) is 0.762. The molecule has 0 fully saturated rings. The van der Waals surface area contributed by atoms with E-state index in [9.17, 15) is 14.7 Å². The number of hydrogen-bond donors (Lipinski definition) is 3. The van der Waals surface area contributed by atoms with Gasteiger partial charge in [-0.05, 0) is 54.2 Å². The monoisotopic (exact) mass is 385 g/mol. The van der Waals surface area contributed by atoms with E-state index in [1.807, 2.05) is 13.0 Å². The lowest BCUT2D eigenvalue weighted by atomic mass is 9.86. The van der Waals surface area contributed by atoms with Crippen LogP contribution in [0.15, 0.2) is 36.4 Å². The second-order valence-electron chi connectivity index (χ2n) is 7.77. The average molecular weight is 385 g/mol. The zero-order valence-electron chi connectivity index (χ0n) is 16.7. The van der Waals surface area contributed by atoms with Crippen molar-refractivity contribution in [3.8, 4) is 11.5 Å². The number of amides is 1. The minimum atomic E-state index is -1.25. The lowest BCUT2D eigenvalue weighted by Crippen LogP contribution is -2.14. The van der Waals surface area contributed by atoms with Crippen LogP contribution in [0.25, 0.3) is 0 Å². The topological polar surface area (TPSA) is 95.9 Å².